The van der Waals surface area contributed by atoms with Gasteiger partial charge in [-0.05, 0) is 13.8 Å². The maximum absolute atomic E-state index is 8.22. The van der Waals surface area contributed by atoms with Crippen molar-refractivity contribution in [3.8, 4) is 12.3 Å². The Balaban J connectivity index is 3.66. The Morgan fingerprint density at radius 2 is 2.33 bits per heavy atom. The molecule has 0 bridgehead atoms. The van der Waals surface area contributed by atoms with Gasteiger partial charge in [0.1, 0.15) is 5.84 Å². The molecule has 0 saturated carbocycles. The number of oxime groups is 1. The van der Waals surface area contributed by atoms with E-state index in [0.29, 0.717) is 13.0 Å². The van der Waals surface area contributed by atoms with Crippen LogP contribution in [0.15, 0.2) is 5.16 Å². The SMILES string of the molecule is C#CC(C)(C)NCCC(N)=NO. The van der Waals surface area contributed by atoms with Gasteiger partial charge in [-0.15, -0.1) is 6.42 Å². The zero-order valence-electron chi connectivity index (χ0n) is 7.46. The van der Waals surface area contributed by atoms with Gasteiger partial charge in [-0.25, -0.2) is 0 Å². The number of amidine groups is 1. The van der Waals surface area contributed by atoms with E-state index in [-0.39, 0.29) is 11.4 Å². The van der Waals surface area contributed by atoms with Gasteiger partial charge < -0.3 is 16.3 Å². The van der Waals surface area contributed by atoms with Gasteiger partial charge in [0.25, 0.3) is 0 Å². The van der Waals surface area contributed by atoms with Crippen LogP contribution < -0.4 is 11.1 Å². The molecule has 4 heteroatoms. The minimum atomic E-state index is -0.338. The molecule has 0 aliphatic rings. The van der Waals surface area contributed by atoms with Gasteiger partial charge in [-0.1, -0.05) is 11.1 Å². The highest BCUT2D eigenvalue weighted by molar-refractivity contribution is 5.79. The fourth-order valence-corrected chi connectivity index (χ4v) is 0.604. The van der Waals surface area contributed by atoms with Crippen LogP contribution in [-0.4, -0.2) is 23.1 Å². The van der Waals surface area contributed by atoms with Crippen molar-refractivity contribution >= 4 is 5.84 Å². The van der Waals surface area contributed by atoms with E-state index in [1.54, 1.807) is 0 Å². The summed E-state index contributed by atoms with van der Waals surface area (Å²) in [5, 5.41) is 14.1. The van der Waals surface area contributed by atoms with Crippen molar-refractivity contribution in [2.24, 2.45) is 10.9 Å². The molecule has 0 aromatic heterocycles. The minimum Gasteiger partial charge on any atom is -0.409 e. The molecular weight excluding hydrogens is 154 g/mol. The van der Waals surface area contributed by atoms with E-state index in [0.717, 1.165) is 0 Å². The maximum atomic E-state index is 8.22. The number of hydrogen-bond acceptors (Lipinski definition) is 3. The van der Waals surface area contributed by atoms with Gasteiger partial charge in [-0.2, -0.15) is 0 Å². The first-order valence-electron chi connectivity index (χ1n) is 3.71. The number of nitrogens with one attached hydrogen (secondary N) is 1. The fourth-order valence-electron chi connectivity index (χ4n) is 0.604. The number of hydrogen-bond donors (Lipinski definition) is 3. The van der Waals surface area contributed by atoms with E-state index >= 15 is 0 Å². The van der Waals surface area contributed by atoms with Crippen molar-refractivity contribution < 1.29 is 5.21 Å². The average Bonchev–Trinajstić information content (AvgIpc) is 2.04. The third-order valence-corrected chi connectivity index (χ3v) is 1.44. The van der Waals surface area contributed by atoms with Crippen LogP contribution in [0.4, 0.5) is 0 Å². The zero-order chi connectivity index (χ0) is 9.61. The monoisotopic (exact) mass is 169 g/mol. The standard InChI is InChI=1S/C8H15N3O/c1-4-8(2,3)10-6-5-7(9)11-12/h1,10,12H,5-6H2,2-3H3,(H2,9,11). The first-order chi connectivity index (χ1) is 5.52. The molecule has 0 aromatic carbocycles. The van der Waals surface area contributed by atoms with E-state index < -0.39 is 0 Å². The van der Waals surface area contributed by atoms with E-state index in [2.05, 4.69) is 16.4 Å². The Labute approximate surface area is 72.8 Å². The lowest BCUT2D eigenvalue weighted by atomic mass is 10.1. The Bertz CT molecular complexity index is 203. The lowest BCUT2D eigenvalue weighted by Crippen LogP contribution is -2.39. The lowest BCUT2D eigenvalue weighted by Gasteiger charge is -2.18. The summed E-state index contributed by atoms with van der Waals surface area (Å²) in [6, 6.07) is 0. The Kier molecular flexibility index (Phi) is 4.16. The molecule has 0 spiro atoms. The summed E-state index contributed by atoms with van der Waals surface area (Å²) in [5.41, 5.74) is 4.91. The molecule has 0 rings (SSSR count). The smallest absolute Gasteiger partial charge is 0.140 e. The van der Waals surface area contributed by atoms with Crippen LogP contribution in [0.2, 0.25) is 0 Å². The van der Waals surface area contributed by atoms with Gasteiger partial charge >= 0.3 is 0 Å². The molecular formula is C8H15N3O. The van der Waals surface area contributed by atoms with Crippen molar-refractivity contribution in [3.05, 3.63) is 0 Å². The van der Waals surface area contributed by atoms with Crippen LogP contribution in [0.25, 0.3) is 0 Å². The molecule has 0 radical (unpaired) electrons. The number of nitrogens with zero attached hydrogens (tertiary/aromatic N) is 1. The van der Waals surface area contributed by atoms with Crippen LogP contribution >= 0.6 is 0 Å². The molecule has 0 fully saturated rings. The molecule has 0 atom stereocenters. The minimum absolute atomic E-state index is 0.204. The molecule has 12 heavy (non-hydrogen) atoms. The molecule has 4 N–H and O–H groups in total. The molecule has 0 amide bonds. The summed E-state index contributed by atoms with van der Waals surface area (Å²) >= 11 is 0. The third kappa shape index (κ3) is 4.58. The molecule has 0 heterocycles. The normalized spacial score (nSPS) is 12.6. The second kappa shape index (κ2) is 4.62. The molecule has 68 valence electrons. The second-order valence-corrected chi connectivity index (χ2v) is 3.04. The molecule has 0 aliphatic heterocycles. The van der Waals surface area contributed by atoms with Crippen LogP contribution in [-0.2, 0) is 0 Å². The predicted molar refractivity (Wildman–Crippen MR) is 48.9 cm³/mol. The van der Waals surface area contributed by atoms with Gasteiger partial charge in [-0.3, -0.25) is 0 Å². The Hall–Kier alpha value is -1.21. The van der Waals surface area contributed by atoms with E-state index in [1.165, 1.54) is 0 Å². The first kappa shape index (κ1) is 10.8. The molecule has 0 saturated heterocycles. The highest BCUT2D eigenvalue weighted by atomic mass is 16.4. The summed E-state index contributed by atoms with van der Waals surface area (Å²) in [5.74, 6) is 2.78. The number of rotatable bonds is 4. The lowest BCUT2D eigenvalue weighted by molar-refractivity contribution is 0.316. The first-order valence-corrected chi connectivity index (χ1v) is 3.71. The number of nitrogens with two attached hydrogens (primary N) is 1. The van der Waals surface area contributed by atoms with Crippen molar-refractivity contribution in [1.82, 2.24) is 5.32 Å². The maximum Gasteiger partial charge on any atom is 0.140 e. The van der Waals surface area contributed by atoms with Gasteiger partial charge in [0.15, 0.2) is 0 Å². The van der Waals surface area contributed by atoms with Crippen molar-refractivity contribution in [2.75, 3.05) is 6.54 Å². The van der Waals surface area contributed by atoms with Crippen molar-refractivity contribution in [3.63, 3.8) is 0 Å². The van der Waals surface area contributed by atoms with Gasteiger partial charge in [0.2, 0.25) is 0 Å². The summed E-state index contributed by atoms with van der Waals surface area (Å²) in [6.07, 6.45) is 5.72. The Morgan fingerprint density at radius 3 is 2.75 bits per heavy atom. The molecule has 0 unspecified atom stereocenters. The van der Waals surface area contributed by atoms with Crippen LogP contribution in [0.1, 0.15) is 20.3 Å². The van der Waals surface area contributed by atoms with Gasteiger partial charge in [0, 0.05) is 13.0 Å². The van der Waals surface area contributed by atoms with E-state index in [1.807, 2.05) is 13.8 Å². The zero-order valence-corrected chi connectivity index (χ0v) is 7.46. The number of terminal acetylenes is 1. The highest BCUT2D eigenvalue weighted by Gasteiger charge is 2.11. The average molecular weight is 169 g/mol. The fraction of sp³-hybridized carbons (Fsp3) is 0.625. The summed E-state index contributed by atoms with van der Waals surface area (Å²) in [7, 11) is 0. The molecule has 0 aromatic rings. The van der Waals surface area contributed by atoms with Crippen LogP contribution in [0, 0.1) is 12.3 Å². The summed E-state index contributed by atoms with van der Waals surface area (Å²) in [6.45, 7) is 4.38. The van der Waals surface area contributed by atoms with E-state index in [9.17, 15) is 0 Å². The van der Waals surface area contributed by atoms with Crippen LogP contribution in [0.3, 0.4) is 0 Å². The largest absolute Gasteiger partial charge is 0.409 e. The molecule has 4 nitrogen and oxygen atoms in total. The Morgan fingerprint density at radius 1 is 1.75 bits per heavy atom. The quantitative estimate of drug-likeness (QED) is 0.184. The second-order valence-electron chi connectivity index (χ2n) is 3.04. The summed E-state index contributed by atoms with van der Waals surface area (Å²) in [4.78, 5) is 0. The summed E-state index contributed by atoms with van der Waals surface area (Å²) < 4.78 is 0. The van der Waals surface area contributed by atoms with E-state index in [4.69, 9.17) is 17.4 Å². The van der Waals surface area contributed by atoms with Gasteiger partial charge in [0.05, 0.1) is 5.54 Å². The predicted octanol–water partition coefficient (Wildman–Crippen LogP) is 0.124. The van der Waals surface area contributed by atoms with Crippen LogP contribution in [0.5, 0.6) is 0 Å². The molecule has 0 aliphatic carbocycles. The third-order valence-electron chi connectivity index (χ3n) is 1.44. The highest BCUT2D eigenvalue weighted by Crippen LogP contribution is 1.97. The van der Waals surface area contributed by atoms with Crippen molar-refractivity contribution in [1.29, 1.82) is 0 Å². The topological polar surface area (TPSA) is 70.6 Å². The van der Waals surface area contributed by atoms with Crippen molar-refractivity contribution in [2.45, 2.75) is 25.8 Å².